The van der Waals surface area contributed by atoms with Gasteiger partial charge in [0, 0.05) is 18.6 Å². The molecule has 1 N–H and O–H groups in total. The van der Waals surface area contributed by atoms with Crippen LogP contribution in [-0.2, 0) is 27.0 Å². The van der Waals surface area contributed by atoms with Gasteiger partial charge in [0.15, 0.2) is 0 Å². The van der Waals surface area contributed by atoms with Crippen molar-refractivity contribution < 1.29 is 18.6 Å². The van der Waals surface area contributed by atoms with Crippen LogP contribution in [0.25, 0.3) is 0 Å². The summed E-state index contributed by atoms with van der Waals surface area (Å²) in [6.07, 6.45) is 3.60. The van der Waals surface area contributed by atoms with E-state index >= 15 is 0 Å². The summed E-state index contributed by atoms with van der Waals surface area (Å²) in [5.74, 6) is 0. The molecule has 0 aliphatic carbocycles. The van der Waals surface area contributed by atoms with Crippen LogP contribution in [0.2, 0.25) is 0 Å². The zero-order valence-corrected chi connectivity index (χ0v) is 22.0. The van der Waals surface area contributed by atoms with E-state index in [0.717, 1.165) is 36.8 Å². The Bertz CT molecular complexity index is 782. The Morgan fingerprint density at radius 3 is 1.94 bits per heavy atom. The predicted octanol–water partition coefficient (Wildman–Crippen LogP) is 7.05. The molecule has 0 saturated heterocycles. The number of nitrogens with one attached hydrogen (secondary N) is 1. The number of nitrogens with zero attached hydrogens (tertiary/aromatic N) is 1. The Morgan fingerprint density at radius 2 is 1.35 bits per heavy atom. The van der Waals surface area contributed by atoms with E-state index in [1.54, 1.807) is 0 Å². The van der Waals surface area contributed by atoms with Crippen LogP contribution in [0, 0.1) is 0 Å². The molecule has 188 valence electrons. The normalized spacial score (nSPS) is 12.3. The lowest BCUT2D eigenvalue weighted by Crippen LogP contribution is -2.33. The minimum Gasteiger partial charge on any atom is -0.445 e. The molecular weight excluding hydrogens is 447 g/mol. The maximum Gasteiger partial charge on any atom is 0.407 e. The average Bonchev–Trinajstić information content (AvgIpc) is 2.83. The third-order valence-electron chi connectivity index (χ3n) is 5.19. The minimum absolute atomic E-state index is 0.295. The number of carbonyl (C=O) groups is 1. The number of carbonyl (C=O) groups excluding carboxylic acids is 1. The quantitative estimate of drug-likeness (QED) is 0.203. The first-order valence-electron chi connectivity index (χ1n) is 12.3. The van der Waals surface area contributed by atoms with E-state index in [2.05, 4.69) is 49.8 Å². The van der Waals surface area contributed by atoms with Crippen LogP contribution in [0.1, 0.15) is 64.5 Å². The van der Waals surface area contributed by atoms with Crippen LogP contribution in [-0.4, -0.2) is 36.0 Å². The summed E-state index contributed by atoms with van der Waals surface area (Å²) >= 11 is 0. The average molecular weight is 489 g/mol. The Kier molecular flexibility index (Phi) is 13.8. The molecule has 0 aliphatic rings. The van der Waals surface area contributed by atoms with Gasteiger partial charge in [-0.25, -0.2) is 9.46 Å². The van der Waals surface area contributed by atoms with E-state index in [1.165, 1.54) is 0 Å². The number of hydrogen-bond donors (Lipinski definition) is 1. The Hall–Kier alpha value is -1.98. The van der Waals surface area contributed by atoms with Crippen molar-refractivity contribution in [3.05, 3.63) is 71.8 Å². The molecule has 2 aromatic rings. The predicted molar refractivity (Wildman–Crippen MR) is 139 cm³/mol. The molecule has 0 radical (unpaired) electrons. The number of benzene rings is 2. The molecule has 1 amide bonds. The lowest BCUT2D eigenvalue weighted by molar-refractivity contribution is 0.139. The van der Waals surface area contributed by atoms with Crippen molar-refractivity contribution in [3.63, 3.8) is 0 Å². The SMILES string of the molecule is CC(C)N(C(C)C)P(OCCCCCCNC(=O)OCc1ccccc1)OCc1ccccc1. The highest BCUT2D eigenvalue weighted by Crippen LogP contribution is 2.46. The van der Waals surface area contributed by atoms with Crippen LogP contribution < -0.4 is 5.32 Å². The second-order valence-corrected chi connectivity index (χ2v) is 10.3. The van der Waals surface area contributed by atoms with Gasteiger partial charge in [0.2, 0.25) is 0 Å². The van der Waals surface area contributed by atoms with Gasteiger partial charge in [-0.15, -0.1) is 0 Å². The van der Waals surface area contributed by atoms with Gasteiger partial charge in [-0.2, -0.15) is 0 Å². The number of unbranched alkanes of at least 4 members (excludes halogenated alkanes) is 3. The summed E-state index contributed by atoms with van der Waals surface area (Å²) in [7, 11) is -1.13. The molecule has 0 bridgehead atoms. The maximum absolute atomic E-state index is 11.8. The van der Waals surface area contributed by atoms with Crippen LogP contribution in [0.5, 0.6) is 0 Å². The molecule has 0 saturated carbocycles. The van der Waals surface area contributed by atoms with E-state index < -0.39 is 8.53 Å². The maximum atomic E-state index is 11.8. The fraction of sp³-hybridized carbons (Fsp3) is 0.519. The number of amides is 1. The summed E-state index contributed by atoms with van der Waals surface area (Å²) < 4.78 is 20.0. The molecule has 1 atom stereocenters. The highest BCUT2D eigenvalue weighted by atomic mass is 31.2. The highest BCUT2D eigenvalue weighted by molar-refractivity contribution is 7.44. The van der Waals surface area contributed by atoms with Crippen molar-refractivity contribution >= 4 is 14.6 Å². The lowest BCUT2D eigenvalue weighted by Gasteiger charge is -2.35. The van der Waals surface area contributed by atoms with Crippen molar-refractivity contribution in [1.82, 2.24) is 9.99 Å². The first kappa shape index (κ1) is 28.3. The van der Waals surface area contributed by atoms with Crippen molar-refractivity contribution in [3.8, 4) is 0 Å². The molecule has 0 spiro atoms. The molecule has 1 unspecified atom stereocenters. The summed E-state index contributed by atoms with van der Waals surface area (Å²) in [4.78, 5) is 11.8. The van der Waals surface area contributed by atoms with Crippen molar-refractivity contribution in [2.45, 2.75) is 78.7 Å². The van der Waals surface area contributed by atoms with E-state index in [0.29, 0.717) is 38.4 Å². The van der Waals surface area contributed by atoms with Gasteiger partial charge in [0.25, 0.3) is 8.53 Å². The third kappa shape index (κ3) is 11.4. The number of alkyl carbamates (subject to hydrolysis) is 1. The van der Waals surface area contributed by atoms with Crippen molar-refractivity contribution in [1.29, 1.82) is 0 Å². The molecule has 7 heteroatoms. The number of hydrogen-bond acceptors (Lipinski definition) is 5. The Morgan fingerprint density at radius 1 is 0.794 bits per heavy atom. The van der Waals surface area contributed by atoms with Gasteiger partial charge in [0.05, 0.1) is 13.2 Å². The molecule has 34 heavy (non-hydrogen) atoms. The number of ether oxygens (including phenoxy) is 1. The second kappa shape index (κ2) is 16.6. The van der Waals surface area contributed by atoms with Crippen LogP contribution >= 0.6 is 8.53 Å². The van der Waals surface area contributed by atoms with Crippen LogP contribution in [0.4, 0.5) is 4.79 Å². The van der Waals surface area contributed by atoms with E-state index in [4.69, 9.17) is 13.8 Å². The Balaban J connectivity index is 1.62. The smallest absolute Gasteiger partial charge is 0.407 e. The summed E-state index contributed by atoms with van der Waals surface area (Å²) in [5, 5.41) is 2.82. The third-order valence-corrected chi connectivity index (χ3v) is 7.24. The van der Waals surface area contributed by atoms with Gasteiger partial charge < -0.3 is 19.1 Å². The monoisotopic (exact) mass is 488 g/mol. The lowest BCUT2D eigenvalue weighted by atomic mass is 10.2. The van der Waals surface area contributed by atoms with E-state index in [-0.39, 0.29) is 6.09 Å². The minimum atomic E-state index is -1.13. The molecule has 0 fully saturated rings. The number of rotatable bonds is 16. The summed E-state index contributed by atoms with van der Waals surface area (Å²) in [6.45, 7) is 10.9. The summed E-state index contributed by atoms with van der Waals surface area (Å²) in [6, 6.07) is 20.6. The molecule has 0 heterocycles. The van der Waals surface area contributed by atoms with Gasteiger partial charge in [-0.1, -0.05) is 73.5 Å². The summed E-state index contributed by atoms with van der Waals surface area (Å²) in [5.41, 5.74) is 2.14. The first-order chi connectivity index (χ1) is 16.5. The molecule has 2 rings (SSSR count). The molecule has 2 aromatic carbocycles. The topological polar surface area (TPSA) is 60.0 Å². The van der Waals surface area contributed by atoms with Crippen LogP contribution in [0.15, 0.2) is 60.7 Å². The molecule has 6 nitrogen and oxygen atoms in total. The van der Waals surface area contributed by atoms with Gasteiger partial charge in [-0.05, 0) is 51.7 Å². The first-order valence-corrected chi connectivity index (χ1v) is 13.4. The highest BCUT2D eigenvalue weighted by Gasteiger charge is 2.27. The van der Waals surface area contributed by atoms with E-state index in [9.17, 15) is 4.79 Å². The molecule has 0 aliphatic heterocycles. The van der Waals surface area contributed by atoms with Crippen molar-refractivity contribution in [2.75, 3.05) is 13.2 Å². The van der Waals surface area contributed by atoms with Crippen LogP contribution in [0.3, 0.4) is 0 Å². The van der Waals surface area contributed by atoms with Gasteiger partial charge in [0.1, 0.15) is 6.61 Å². The van der Waals surface area contributed by atoms with Gasteiger partial charge >= 0.3 is 6.09 Å². The fourth-order valence-corrected chi connectivity index (χ4v) is 5.18. The van der Waals surface area contributed by atoms with Gasteiger partial charge in [-0.3, -0.25) is 0 Å². The Labute approximate surface area is 207 Å². The molecule has 0 aromatic heterocycles. The van der Waals surface area contributed by atoms with Crippen molar-refractivity contribution in [2.24, 2.45) is 0 Å². The second-order valence-electron chi connectivity index (χ2n) is 8.80. The standard InChI is InChI=1S/C27H41N2O4P/c1-23(2)29(24(3)4)34(33-22-26-17-11-8-12-18-26)32-20-14-6-5-13-19-28-27(30)31-21-25-15-9-7-10-16-25/h7-12,15-18,23-24H,5-6,13-14,19-22H2,1-4H3,(H,28,30). The largest absolute Gasteiger partial charge is 0.445 e. The zero-order chi connectivity index (χ0) is 24.6. The fourth-order valence-electron chi connectivity index (χ4n) is 3.54. The zero-order valence-electron chi connectivity index (χ0n) is 21.1. The molecular formula is C27H41N2O4P. The van der Waals surface area contributed by atoms with E-state index in [1.807, 2.05) is 48.5 Å².